The minimum atomic E-state index is -0.714. The van der Waals surface area contributed by atoms with E-state index in [1.165, 1.54) is 11.3 Å². The maximum absolute atomic E-state index is 14.3. The van der Waals surface area contributed by atoms with Gasteiger partial charge in [-0.15, -0.1) is 0 Å². The Labute approximate surface area is 307 Å². The second kappa shape index (κ2) is 14.8. The van der Waals surface area contributed by atoms with Crippen LogP contribution < -0.4 is 34.4 Å². The fourth-order valence-electron chi connectivity index (χ4n) is 6.24. The fourth-order valence-corrected chi connectivity index (χ4v) is 7.86. The molecule has 7 rings (SSSR count). The maximum Gasteiger partial charge on any atom is 0.271 e. The number of hydrogen-bond donors (Lipinski definition) is 1. The van der Waals surface area contributed by atoms with Crippen LogP contribution in [-0.2, 0) is 11.4 Å². The van der Waals surface area contributed by atoms with E-state index in [0.29, 0.717) is 61.2 Å². The highest BCUT2D eigenvalue weighted by Crippen LogP contribution is 2.38. The number of nitrogens with one attached hydrogen (secondary N) is 1. The van der Waals surface area contributed by atoms with Gasteiger partial charge in [0.1, 0.15) is 12.4 Å². The van der Waals surface area contributed by atoms with E-state index in [1.54, 1.807) is 18.6 Å². The third-order valence-electron chi connectivity index (χ3n) is 8.61. The summed E-state index contributed by atoms with van der Waals surface area (Å²) in [4.78, 5) is 33.5. The number of hydrogen-bond acceptors (Lipinski definition) is 7. The van der Waals surface area contributed by atoms with Crippen molar-refractivity contribution in [3.63, 3.8) is 0 Å². The van der Waals surface area contributed by atoms with Crippen molar-refractivity contribution in [2.24, 2.45) is 4.99 Å². The zero-order chi connectivity index (χ0) is 35.5. The van der Waals surface area contributed by atoms with Crippen LogP contribution in [0.2, 0.25) is 0 Å². The molecular formula is C41H34BrN3O5S. The van der Waals surface area contributed by atoms with E-state index >= 15 is 0 Å². The summed E-state index contributed by atoms with van der Waals surface area (Å²) in [7, 11) is 1.59. The van der Waals surface area contributed by atoms with E-state index in [-0.39, 0.29) is 11.5 Å². The smallest absolute Gasteiger partial charge is 0.271 e. The number of benzene rings is 5. The van der Waals surface area contributed by atoms with Gasteiger partial charge in [-0.1, -0.05) is 84.1 Å². The van der Waals surface area contributed by atoms with Crippen LogP contribution in [0, 0.1) is 0 Å². The van der Waals surface area contributed by atoms with Crippen LogP contribution in [0.1, 0.15) is 36.6 Å². The third kappa shape index (κ3) is 6.97. The number of methoxy groups -OCH3 is 1. The molecule has 256 valence electrons. The number of fused-ring (bicyclic) bond motifs is 2. The molecule has 0 bridgehead atoms. The number of thiazole rings is 1. The molecule has 8 nitrogen and oxygen atoms in total. The van der Waals surface area contributed by atoms with Crippen LogP contribution in [0.25, 0.3) is 16.8 Å². The van der Waals surface area contributed by atoms with Crippen LogP contribution >= 0.6 is 27.3 Å². The summed E-state index contributed by atoms with van der Waals surface area (Å²) in [6, 6.07) is 34.1. The van der Waals surface area contributed by atoms with Gasteiger partial charge in [-0.3, -0.25) is 14.2 Å². The zero-order valence-corrected chi connectivity index (χ0v) is 30.6. The highest BCUT2D eigenvalue weighted by atomic mass is 79.9. The number of carbonyl (C=O) groups excluding carboxylic acids is 1. The molecule has 0 fully saturated rings. The summed E-state index contributed by atoms with van der Waals surface area (Å²) in [5.74, 6) is 1.45. The summed E-state index contributed by atoms with van der Waals surface area (Å²) in [6.07, 6.45) is 1.81. The molecule has 0 spiro atoms. The van der Waals surface area contributed by atoms with Crippen LogP contribution in [0.3, 0.4) is 0 Å². The van der Waals surface area contributed by atoms with E-state index in [4.69, 9.17) is 19.2 Å². The Morgan fingerprint density at radius 3 is 2.47 bits per heavy atom. The Morgan fingerprint density at radius 1 is 0.961 bits per heavy atom. The lowest BCUT2D eigenvalue weighted by molar-refractivity contribution is -0.113. The van der Waals surface area contributed by atoms with E-state index in [9.17, 15) is 9.59 Å². The van der Waals surface area contributed by atoms with Crippen molar-refractivity contribution in [1.82, 2.24) is 4.57 Å². The highest BCUT2D eigenvalue weighted by Gasteiger charge is 2.32. The molecule has 5 aromatic carbocycles. The molecule has 0 saturated heterocycles. The lowest BCUT2D eigenvalue weighted by Crippen LogP contribution is -2.40. The Kier molecular flexibility index (Phi) is 9.87. The average molecular weight is 761 g/mol. The predicted molar refractivity (Wildman–Crippen MR) is 205 cm³/mol. The molecule has 0 radical (unpaired) electrons. The molecule has 1 aliphatic heterocycles. The van der Waals surface area contributed by atoms with Crippen LogP contribution in [-0.4, -0.2) is 24.2 Å². The van der Waals surface area contributed by atoms with Crippen LogP contribution in [0.15, 0.2) is 135 Å². The van der Waals surface area contributed by atoms with Gasteiger partial charge in [-0.05, 0) is 99.7 Å². The first-order valence-electron chi connectivity index (χ1n) is 16.4. The molecule has 1 amide bonds. The Hall–Kier alpha value is -5.45. The number of allylic oxidation sites excluding steroid dienone is 1. The van der Waals surface area contributed by atoms with Crippen molar-refractivity contribution in [2.45, 2.75) is 26.5 Å². The van der Waals surface area contributed by atoms with Gasteiger partial charge >= 0.3 is 0 Å². The highest BCUT2D eigenvalue weighted by molar-refractivity contribution is 9.10. The van der Waals surface area contributed by atoms with Crippen molar-refractivity contribution in [3.05, 3.63) is 161 Å². The molecule has 1 atom stereocenters. The number of rotatable bonds is 10. The van der Waals surface area contributed by atoms with Crippen molar-refractivity contribution < 1.29 is 19.0 Å². The first-order valence-corrected chi connectivity index (χ1v) is 18.0. The number of anilines is 1. The summed E-state index contributed by atoms with van der Waals surface area (Å²) in [6.45, 7) is 4.60. The Morgan fingerprint density at radius 2 is 1.71 bits per heavy atom. The molecule has 6 aromatic rings. The Bertz CT molecular complexity index is 2470. The average Bonchev–Trinajstić information content (AvgIpc) is 3.44. The number of nitrogens with zero attached hydrogens (tertiary/aromatic N) is 2. The van der Waals surface area contributed by atoms with Gasteiger partial charge in [0.25, 0.3) is 11.5 Å². The molecular weight excluding hydrogens is 726 g/mol. The van der Waals surface area contributed by atoms with E-state index in [2.05, 4.69) is 45.5 Å². The van der Waals surface area contributed by atoms with Gasteiger partial charge < -0.3 is 19.5 Å². The van der Waals surface area contributed by atoms with Crippen molar-refractivity contribution in [1.29, 1.82) is 0 Å². The molecule has 1 N–H and O–H groups in total. The van der Waals surface area contributed by atoms with Gasteiger partial charge in [0.05, 0.1) is 40.0 Å². The minimum Gasteiger partial charge on any atom is -0.494 e. The lowest BCUT2D eigenvalue weighted by Gasteiger charge is -2.25. The molecule has 10 heteroatoms. The normalized spacial score (nSPS) is 14.2. The molecule has 1 aliphatic rings. The van der Waals surface area contributed by atoms with Gasteiger partial charge in [-0.2, -0.15) is 0 Å². The lowest BCUT2D eigenvalue weighted by atomic mass is 9.95. The van der Waals surface area contributed by atoms with Gasteiger partial charge in [0.2, 0.25) is 0 Å². The molecule has 51 heavy (non-hydrogen) atoms. The van der Waals surface area contributed by atoms with Crippen LogP contribution in [0.4, 0.5) is 5.69 Å². The zero-order valence-electron chi connectivity index (χ0n) is 28.2. The minimum absolute atomic E-state index is 0.262. The van der Waals surface area contributed by atoms with E-state index in [1.807, 2.05) is 97.9 Å². The second-order valence-corrected chi connectivity index (χ2v) is 13.7. The predicted octanol–water partition coefficient (Wildman–Crippen LogP) is 7.78. The van der Waals surface area contributed by atoms with Crippen LogP contribution in [0.5, 0.6) is 17.2 Å². The van der Waals surface area contributed by atoms with Crippen molar-refractivity contribution >= 4 is 55.7 Å². The largest absolute Gasteiger partial charge is 0.494 e. The summed E-state index contributed by atoms with van der Waals surface area (Å²) in [5, 5.41) is 5.26. The molecule has 0 saturated carbocycles. The number of ether oxygens (including phenoxy) is 3. The quantitative estimate of drug-likeness (QED) is 0.154. The summed E-state index contributed by atoms with van der Waals surface area (Å²) in [5.41, 5.74) is 3.86. The number of carbonyl (C=O) groups is 1. The van der Waals surface area contributed by atoms with Gasteiger partial charge in [-0.25, -0.2) is 4.99 Å². The molecule has 0 unspecified atom stereocenters. The summed E-state index contributed by atoms with van der Waals surface area (Å²) < 4.78 is 20.5. The van der Waals surface area contributed by atoms with Crippen molar-refractivity contribution in [3.8, 4) is 17.2 Å². The topological polar surface area (TPSA) is 91.2 Å². The summed E-state index contributed by atoms with van der Waals surface area (Å²) >= 11 is 4.95. The SMILES string of the molecule is CCOc1ccc([C@@H]2C(C(=O)Nc3ccccc3)=C(C)N=c3s/c(=C\c4cc(Br)c(OCc5cccc6ccccc56)c(OC)c4)c(=O)n32)cc1. The Balaban J connectivity index is 1.26. The van der Waals surface area contributed by atoms with Gasteiger partial charge in [0.15, 0.2) is 16.3 Å². The number of para-hydroxylation sites is 1. The number of amides is 1. The molecule has 2 heterocycles. The maximum atomic E-state index is 14.3. The molecule has 1 aromatic heterocycles. The second-order valence-electron chi connectivity index (χ2n) is 11.9. The third-order valence-corrected chi connectivity index (χ3v) is 10.2. The molecule has 0 aliphatic carbocycles. The van der Waals surface area contributed by atoms with Gasteiger partial charge in [0, 0.05) is 5.69 Å². The first-order chi connectivity index (χ1) is 24.8. The number of halogens is 1. The first kappa shape index (κ1) is 34.0. The van der Waals surface area contributed by atoms with Crippen molar-refractivity contribution in [2.75, 3.05) is 19.0 Å². The fraction of sp³-hybridized carbons (Fsp3) is 0.146. The standard InChI is InChI=1S/C41H34BrN3O5S/c1-4-49-31-19-17-28(18-20-31)37-36(39(46)44-30-14-6-5-7-15-30)25(2)43-41-45(37)40(47)35(51-41)23-26-21-33(42)38(34(22-26)48-3)50-24-29-13-10-12-27-11-8-9-16-32(27)29/h5-23,37H,4,24H2,1-3H3,(H,44,46)/b35-23-/t37-/m1/s1. The monoisotopic (exact) mass is 759 g/mol. The van der Waals surface area contributed by atoms with E-state index in [0.717, 1.165) is 27.5 Å². The van der Waals surface area contributed by atoms with E-state index < -0.39 is 6.04 Å². The number of aromatic nitrogens is 1.